The minimum absolute atomic E-state index is 0.0506. The lowest BCUT2D eigenvalue weighted by Crippen LogP contribution is -2.54. The van der Waals surface area contributed by atoms with Crippen molar-refractivity contribution in [2.75, 3.05) is 26.2 Å². The van der Waals surface area contributed by atoms with Gasteiger partial charge in [-0.3, -0.25) is 4.79 Å². The Kier molecular flexibility index (Phi) is 4.40. The number of carbonyl (C=O) groups is 1. The third-order valence-corrected chi connectivity index (χ3v) is 3.76. The summed E-state index contributed by atoms with van der Waals surface area (Å²) in [6.07, 6.45) is 3.56. The van der Waals surface area contributed by atoms with Crippen molar-refractivity contribution < 1.29 is 9.53 Å². The highest BCUT2D eigenvalue weighted by Gasteiger charge is 2.30. The Morgan fingerprint density at radius 1 is 1.41 bits per heavy atom. The average molecular weight is 240 g/mol. The van der Waals surface area contributed by atoms with Crippen molar-refractivity contribution >= 4 is 5.91 Å². The van der Waals surface area contributed by atoms with Crippen LogP contribution in [0, 0.1) is 5.92 Å². The molecular formula is C13H24N2O2. The maximum atomic E-state index is 12.3. The number of ether oxygens (including phenoxy) is 1. The summed E-state index contributed by atoms with van der Waals surface area (Å²) in [5.41, 5.74) is 0. The lowest BCUT2D eigenvalue weighted by molar-refractivity contribution is -0.143. The molecule has 1 amide bonds. The number of hydrogen-bond donors (Lipinski definition) is 1. The Labute approximate surface area is 104 Å². The summed E-state index contributed by atoms with van der Waals surface area (Å²) in [6, 6.07) is 0.0506. The number of nitrogens with one attached hydrogen (secondary N) is 1. The lowest BCUT2D eigenvalue weighted by atomic mass is 10.0. The monoisotopic (exact) mass is 240 g/mol. The molecule has 0 saturated carbocycles. The van der Waals surface area contributed by atoms with Gasteiger partial charge in [0.15, 0.2) is 0 Å². The van der Waals surface area contributed by atoms with Gasteiger partial charge in [-0.15, -0.1) is 0 Å². The Hall–Kier alpha value is -0.610. The minimum atomic E-state index is 0.0506. The first kappa shape index (κ1) is 12.8. The predicted octanol–water partition coefficient (Wildman–Crippen LogP) is 1.01. The summed E-state index contributed by atoms with van der Waals surface area (Å²) < 4.78 is 5.69. The van der Waals surface area contributed by atoms with Crippen LogP contribution in [-0.2, 0) is 9.53 Å². The van der Waals surface area contributed by atoms with E-state index in [2.05, 4.69) is 19.2 Å². The first-order valence-corrected chi connectivity index (χ1v) is 6.82. The molecule has 17 heavy (non-hydrogen) atoms. The summed E-state index contributed by atoms with van der Waals surface area (Å²) in [5, 5.41) is 3.33. The van der Waals surface area contributed by atoms with Gasteiger partial charge >= 0.3 is 0 Å². The molecule has 2 unspecified atom stereocenters. The molecule has 0 spiro atoms. The highest BCUT2D eigenvalue weighted by molar-refractivity contribution is 5.82. The standard InChI is InChI=1S/C13H24N2O2/c1-10(2)12-9-15(7-8-17-12)13(16)11-5-3-4-6-14-11/h10-12,14H,3-9H2,1-2H3. The van der Waals surface area contributed by atoms with Crippen LogP contribution >= 0.6 is 0 Å². The first-order valence-electron chi connectivity index (χ1n) is 6.82. The summed E-state index contributed by atoms with van der Waals surface area (Å²) in [4.78, 5) is 14.3. The second-order valence-electron chi connectivity index (χ2n) is 5.44. The molecule has 4 nitrogen and oxygen atoms in total. The minimum Gasteiger partial charge on any atom is -0.374 e. The second-order valence-corrected chi connectivity index (χ2v) is 5.44. The molecule has 2 heterocycles. The Morgan fingerprint density at radius 3 is 2.88 bits per heavy atom. The van der Waals surface area contributed by atoms with Crippen LogP contribution in [-0.4, -0.2) is 49.2 Å². The summed E-state index contributed by atoms with van der Waals surface area (Å²) in [7, 11) is 0. The molecule has 2 atom stereocenters. The quantitative estimate of drug-likeness (QED) is 0.783. The lowest BCUT2D eigenvalue weighted by Gasteiger charge is -2.37. The van der Waals surface area contributed by atoms with Crippen LogP contribution in [0.1, 0.15) is 33.1 Å². The van der Waals surface area contributed by atoms with Gasteiger partial charge in [-0.1, -0.05) is 20.3 Å². The maximum Gasteiger partial charge on any atom is 0.239 e. The van der Waals surface area contributed by atoms with E-state index in [1.54, 1.807) is 0 Å². The molecule has 0 aromatic heterocycles. The topological polar surface area (TPSA) is 41.6 Å². The average Bonchev–Trinajstić information content (AvgIpc) is 2.39. The van der Waals surface area contributed by atoms with E-state index in [-0.39, 0.29) is 18.1 Å². The van der Waals surface area contributed by atoms with Crippen molar-refractivity contribution in [1.29, 1.82) is 0 Å². The zero-order valence-corrected chi connectivity index (χ0v) is 10.9. The molecular weight excluding hydrogens is 216 g/mol. The van der Waals surface area contributed by atoms with Gasteiger partial charge in [-0.2, -0.15) is 0 Å². The zero-order chi connectivity index (χ0) is 12.3. The molecule has 1 N–H and O–H groups in total. The van der Waals surface area contributed by atoms with Crippen molar-refractivity contribution in [3.8, 4) is 0 Å². The van der Waals surface area contributed by atoms with Gasteiger partial charge in [0, 0.05) is 13.1 Å². The number of morpholine rings is 1. The number of amides is 1. The van der Waals surface area contributed by atoms with Gasteiger partial charge in [-0.05, 0) is 25.3 Å². The van der Waals surface area contributed by atoms with E-state index in [1.807, 2.05) is 4.90 Å². The molecule has 2 rings (SSSR count). The van der Waals surface area contributed by atoms with Crippen LogP contribution in [0.4, 0.5) is 0 Å². The fourth-order valence-electron chi connectivity index (χ4n) is 2.56. The molecule has 98 valence electrons. The van der Waals surface area contributed by atoms with Crippen LogP contribution in [0.25, 0.3) is 0 Å². The first-order chi connectivity index (χ1) is 8.18. The Balaban J connectivity index is 1.89. The van der Waals surface area contributed by atoms with Crippen LogP contribution in [0.3, 0.4) is 0 Å². The smallest absolute Gasteiger partial charge is 0.239 e. The molecule has 2 aliphatic heterocycles. The van der Waals surface area contributed by atoms with Crippen molar-refractivity contribution in [2.24, 2.45) is 5.92 Å². The van der Waals surface area contributed by atoms with E-state index in [4.69, 9.17) is 4.74 Å². The van der Waals surface area contributed by atoms with Gasteiger partial charge < -0.3 is 15.0 Å². The van der Waals surface area contributed by atoms with Crippen LogP contribution < -0.4 is 5.32 Å². The molecule has 0 bridgehead atoms. The number of nitrogens with zero attached hydrogens (tertiary/aromatic N) is 1. The summed E-state index contributed by atoms with van der Waals surface area (Å²) in [6.45, 7) is 7.47. The highest BCUT2D eigenvalue weighted by Crippen LogP contribution is 2.16. The summed E-state index contributed by atoms with van der Waals surface area (Å²) >= 11 is 0. The molecule has 0 aromatic carbocycles. The van der Waals surface area contributed by atoms with E-state index in [9.17, 15) is 4.79 Å². The third-order valence-electron chi connectivity index (χ3n) is 3.76. The van der Waals surface area contributed by atoms with Crippen LogP contribution in [0.5, 0.6) is 0 Å². The highest BCUT2D eigenvalue weighted by atomic mass is 16.5. The van der Waals surface area contributed by atoms with Crippen molar-refractivity contribution in [2.45, 2.75) is 45.3 Å². The molecule has 4 heteroatoms. The van der Waals surface area contributed by atoms with Crippen molar-refractivity contribution in [3.63, 3.8) is 0 Å². The fourth-order valence-corrected chi connectivity index (χ4v) is 2.56. The summed E-state index contributed by atoms with van der Waals surface area (Å²) in [5.74, 6) is 0.753. The molecule has 0 aliphatic carbocycles. The predicted molar refractivity (Wildman–Crippen MR) is 66.8 cm³/mol. The number of carbonyl (C=O) groups excluding carboxylic acids is 1. The van der Waals surface area contributed by atoms with Gasteiger partial charge in [-0.25, -0.2) is 0 Å². The molecule has 0 radical (unpaired) electrons. The van der Waals surface area contributed by atoms with Gasteiger partial charge in [0.2, 0.25) is 5.91 Å². The number of piperidine rings is 1. The molecule has 2 saturated heterocycles. The van der Waals surface area contributed by atoms with E-state index < -0.39 is 0 Å². The van der Waals surface area contributed by atoms with Gasteiger partial charge in [0.05, 0.1) is 18.8 Å². The molecule has 2 fully saturated rings. The molecule has 2 aliphatic rings. The number of hydrogen-bond acceptors (Lipinski definition) is 3. The van der Waals surface area contributed by atoms with Gasteiger partial charge in [0.1, 0.15) is 0 Å². The van der Waals surface area contributed by atoms with E-state index >= 15 is 0 Å². The van der Waals surface area contributed by atoms with Crippen LogP contribution in [0.2, 0.25) is 0 Å². The van der Waals surface area contributed by atoms with Gasteiger partial charge in [0.25, 0.3) is 0 Å². The third kappa shape index (κ3) is 3.19. The normalized spacial score (nSPS) is 30.6. The van der Waals surface area contributed by atoms with Crippen LogP contribution in [0.15, 0.2) is 0 Å². The Morgan fingerprint density at radius 2 is 2.24 bits per heavy atom. The van der Waals surface area contributed by atoms with E-state index in [1.165, 1.54) is 12.8 Å². The largest absolute Gasteiger partial charge is 0.374 e. The maximum absolute atomic E-state index is 12.3. The SMILES string of the molecule is CC(C)C1CN(C(=O)C2CCCCN2)CCO1. The second kappa shape index (κ2) is 5.83. The van der Waals surface area contributed by atoms with E-state index in [0.717, 1.165) is 26.1 Å². The Bertz CT molecular complexity index is 262. The van der Waals surface area contributed by atoms with E-state index in [0.29, 0.717) is 12.5 Å². The zero-order valence-electron chi connectivity index (χ0n) is 10.9. The fraction of sp³-hybridized carbons (Fsp3) is 0.923. The molecule has 0 aromatic rings. The van der Waals surface area contributed by atoms with Crippen molar-refractivity contribution in [1.82, 2.24) is 10.2 Å². The number of rotatable bonds is 2. The van der Waals surface area contributed by atoms with Crippen molar-refractivity contribution in [3.05, 3.63) is 0 Å².